The van der Waals surface area contributed by atoms with Crippen molar-refractivity contribution in [2.75, 3.05) is 13.2 Å². The van der Waals surface area contributed by atoms with Gasteiger partial charge in [-0.1, -0.05) is 32.9 Å². The molecule has 6 heteroatoms. The van der Waals surface area contributed by atoms with Gasteiger partial charge in [0.25, 0.3) is 5.91 Å². The van der Waals surface area contributed by atoms with E-state index in [-0.39, 0.29) is 24.5 Å². The minimum absolute atomic E-state index is 0.0790. The van der Waals surface area contributed by atoms with Crippen molar-refractivity contribution in [1.29, 1.82) is 0 Å². The largest absolute Gasteiger partial charge is 0.491 e. The summed E-state index contributed by atoms with van der Waals surface area (Å²) in [5.41, 5.74) is 1.01. The zero-order chi connectivity index (χ0) is 17.7. The summed E-state index contributed by atoms with van der Waals surface area (Å²) in [5.74, 6) is 0.482. The number of carbonyl (C=O) groups is 1. The normalized spacial score (nSPS) is 12.7. The van der Waals surface area contributed by atoms with E-state index in [9.17, 15) is 9.90 Å². The number of aliphatic hydroxyl groups is 1. The van der Waals surface area contributed by atoms with Crippen molar-refractivity contribution in [3.05, 3.63) is 45.9 Å². The third kappa shape index (κ3) is 5.32. The van der Waals surface area contributed by atoms with E-state index < -0.39 is 6.10 Å². The van der Waals surface area contributed by atoms with E-state index in [2.05, 4.69) is 31.1 Å². The summed E-state index contributed by atoms with van der Waals surface area (Å²) in [6, 6.07) is 7.61. The number of amides is 1. The number of rotatable bonds is 6. The van der Waals surface area contributed by atoms with Crippen molar-refractivity contribution in [2.24, 2.45) is 0 Å². The van der Waals surface area contributed by atoms with E-state index in [0.717, 1.165) is 10.6 Å². The molecule has 2 rings (SSSR count). The van der Waals surface area contributed by atoms with Gasteiger partial charge in [0.2, 0.25) is 0 Å². The molecule has 5 nitrogen and oxygen atoms in total. The molecule has 2 N–H and O–H groups in total. The van der Waals surface area contributed by atoms with Crippen LogP contribution in [0.5, 0.6) is 5.75 Å². The van der Waals surface area contributed by atoms with Crippen LogP contribution >= 0.6 is 11.3 Å². The number of ether oxygens (including phenoxy) is 1. The standard InChI is InChI=1S/C18H24N2O3S/c1-12-6-5-7-14(8-12)23-11-13(21)9-19-16(22)15-10-20-17(24-15)18(2,3)4/h5-8,10,13,21H,9,11H2,1-4H3,(H,19,22). The van der Waals surface area contributed by atoms with Crippen LogP contribution < -0.4 is 10.1 Å². The van der Waals surface area contributed by atoms with Gasteiger partial charge in [0.15, 0.2) is 0 Å². The van der Waals surface area contributed by atoms with Crippen molar-refractivity contribution >= 4 is 17.2 Å². The summed E-state index contributed by atoms with van der Waals surface area (Å²) in [6.07, 6.45) is 0.806. The number of nitrogens with one attached hydrogen (secondary N) is 1. The second-order valence-electron chi connectivity index (χ2n) is 6.77. The Morgan fingerprint density at radius 2 is 2.17 bits per heavy atom. The van der Waals surface area contributed by atoms with E-state index >= 15 is 0 Å². The quantitative estimate of drug-likeness (QED) is 0.842. The first-order valence-electron chi connectivity index (χ1n) is 7.88. The zero-order valence-electron chi connectivity index (χ0n) is 14.5. The first kappa shape index (κ1) is 18.4. The van der Waals surface area contributed by atoms with Crippen LogP contribution in [0.2, 0.25) is 0 Å². The Balaban J connectivity index is 1.79. The third-order valence-corrected chi connectivity index (χ3v) is 4.72. The first-order valence-corrected chi connectivity index (χ1v) is 8.69. The van der Waals surface area contributed by atoms with Crippen molar-refractivity contribution in [2.45, 2.75) is 39.2 Å². The van der Waals surface area contributed by atoms with Crippen molar-refractivity contribution < 1.29 is 14.6 Å². The van der Waals surface area contributed by atoms with E-state index in [1.165, 1.54) is 11.3 Å². The van der Waals surface area contributed by atoms with Crippen LogP contribution in [0.4, 0.5) is 0 Å². The van der Waals surface area contributed by atoms with Gasteiger partial charge in [0.1, 0.15) is 23.3 Å². The molecule has 1 heterocycles. The summed E-state index contributed by atoms with van der Waals surface area (Å²) < 4.78 is 5.52. The number of benzene rings is 1. The highest BCUT2D eigenvalue weighted by Crippen LogP contribution is 2.26. The Morgan fingerprint density at radius 1 is 1.42 bits per heavy atom. The van der Waals surface area contributed by atoms with Crippen LogP contribution in [0, 0.1) is 6.92 Å². The molecule has 1 aromatic carbocycles. The lowest BCUT2D eigenvalue weighted by Crippen LogP contribution is -2.35. The Morgan fingerprint density at radius 3 is 2.79 bits per heavy atom. The van der Waals surface area contributed by atoms with E-state index in [1.54, 1.807) is 6.20 Å². The SMILES string of the molecule is Cc1cccc(OCC(O)CNC(=O)c2cnc(C(C)(C)C)s2)c1. The topological polar surface area (TPSA) is 71.5 Å². The summed E-state index contributed by atoms with van der Waals surface area (Å²) in [4.78, 5) is 17.0. The monoisotopic (exact) mass is 348 g/mol. The minimum atomic E-state index is -0.774. The second kappa shape index (κ2) is 7.77. The summed E-state index contributed by atoms with van der Waals surface area (Å²) in [7, 11) is 0. The third-order valence-electron chi connectivity index (χ3n) is 3.30. The van der Waals surface area contributed by atoms with Crippen molar-refractivity contribution in [1.82, 2.24) is 10.3 Å². The number of aryl methyl sites for hydroxylation is 1. The van der Waals surface area contributed by atoms with Crippen molar-refractivity contribution in [3.63, 3.8) is 0 Å². The van der Waals surface area contributed by atoms with E-state index in [1.807, 2.05) is 31.2 Å². The highest BCUT2D eigenvalue weighted by molar-refractivity contribution is 7.13. The minimum Gasteiger partial charge on any atom is -0.491 e. The van der Waals surface area contributed by atoms with Crippen molar-refractivity contribution in [3.8, 4) is 5.75 Å². The van der Waals surface area contributed by atoms with Gasteiger partial charge in [-0.2, -0.15) is 0 Å². The predicted molar refractivity (Wildman–Crippen MR) is 95.8 cm³/mol. The maximum atomic E-state index is 12.1. The van der Waals surface area contributed by atoms with Crippen LogP contribution in [0.1, 0.15) is 41.0 Å². The van der Waals surface area contributed by atoms with Gasteiger partial charge in [0.05, 0.1) is 11.2 Å². The lowest BCUT2D eigenvalue weighted by molar-refractivity contribution is 0.0846. The fraction of sp³-hybridized carbons (Fsp3) is 0.444. The average molecular weight is 348 g/mol. The molecule has 0 spiro atoms. The van der Waals surface area contributed by atoms with Crippen LogP contribution in [0.3, 0.4) is 0 Å². The summed E-state index contributed by atoms with van der Waals surface area (Å²) >= 11 is 1.38. The van der Waals surface area contributed by atoms with Gasteiger partial charge in [-0.15, -0.1) is 11.3 Å². The van der Waals surface area contributed by atoms with Gasteiger partial charge in [-0.25, -0.2) is 4.98 Å². The maximum absolute atomic E-state index is 12.1. The van der Waals surface area contributed by atoms with E-state index in [4.69, 9.17) is 4.74 Å². The van der Waals surface area contributed by atoms with Gasteiger partial charge in [0, 0.05) is 12.0 Å². The molecule has 0 saturated carbocycles. The molecule has 0 aliphatic carbocycles. The first-order chi connectivity index (χ1) is 11.3. The smallest absolute Gasteiger partial charge is 0.263 e. The molecule has 0 bridgehead atoms. The molecule has 0 radical (unpaired) electrons. The highest BCUT2D eigenvalue weighted by atomic mass is 32.1. The number of aromatic nitrogens is 1. The molecule has 2 aromatic rings. The average Bonchev–Trinajstić information content (AvgIpc) is 3.01. The number of thiazole rings is 1. The summed E-state index contributed by atoms with van der Waals surface area (Å²) in [5, 5.41) is 13.6. The van der Waals surface area contributed by atoms with Crippen LogP contribution in [-0.2, 0) is 5.41 Å². The summed E-state index contributed by atoms with van der Waals surface area (Å²) in [6.45, 7) is 8.40. The molecular weight excluding hydrogens is 324 g/mol. The molecule has 24 heavy (non-hydrogen) atoms. The molecule has 0 aliphatic rings. The molecule has 1 amide bonds. The Kier molecular flexibility index (Phi) is 5.96. The number of carbonyl (C=O) groups excluding carboxylic acids is 1. The Hall–Kier alpha value is -1.92. The number of hydrogen-bond acceptors (Lipinski definition) is 5. The fourth-order valence-electron chi connectivity index (χ4n) is 1.98. The number of hydrogen-bond donors (Lipinski definition) is 2. The van der Waals surface area contributed by atoms with Gasteiger partial charge in [-0.3, -0.25) is 4.79 Å². The molecule has 1 unspecified atom stereocenters. The Labute approximate surface area is 146 Å². The fourth-order valence-corrected chi connectivity index (χ4v) is 2.87. The molecule has 1 atom stereocenters. The molecule has 130 valence electrons. The van der Waals surface area contributed by atoms with Gasteiger partial charge in [-0.05, 0) is 24.6 Å². The molecule has 0 fully saturated rings. The lowest BCUT2D eigenvalue weighted by Gasteiger charge is -2.14. The number of aliphatic hydroxyl groups excluding tert-OH is 1. The van der Waals surface area contributed by atoms with Gasteiger partial charge < -0.3 is 15.2 Å². The highest BCUT2D eigenvalue weighted by Gasteiger charge is 2.20. The van der Waals surface area contributed by atoms with Crippen LogP contribution in [0.15, 0.2) is 30.5 Å². The van der Waals surface area contributed by atoms with E-state index in [0.29, 0.717) is 10.6 Å². The predicted octanol–water partition coefficient (Wildman–Crippen LogP) is 2.92. The van der Waals surface area contributed by atoms with Crippen LogP contribution in [-0.4, -0.2) is 35.3 Å². The van der Waals surface area contributed by atoms with Gasteiger partial charge >= 0.3 is 0 Å². The molecular formula is C18H24N2O3S. The second-order valence-corrected chi connectivity index (χ2v) is 7.80. The lowest BCUT2D eigenvalue weighted by atomic mass is 9.98. The zero-order valence-corrected chi connectivity index (χ0v) is 15.3. The van der Waals surface area contributed by atoms with Crippen LogP contribution in [0.25, 0.3) is 0 Å². The molecule has 1 aromatic heterocycles. The molecule has 0 aliphatic heterocycles. The maximum Gasteiger partial charge on any atom is 0.263 e. The number of nitrogens with zero attached hydrogens (tertiary/aromatic N) is 1. The molecule has 0 saturated heterocycles. The Bertz CT molecular complexity index is 692.